The summed E-state index contributed by atoms with van der Waals surface area (Å²) in [5.41, 5.74) is 1.56. The van der Waals surface area contributed by atoms with E-state index in [1.165, 1.54) is 0 Å². The number of carboxylic acid groups (broad SMARTS) is 1. The first-order chi connectivity index (χ1) is 6.43. The maximum absolute atomic E-state index is 10.4. The molecule has 0 bridgehead atoms. The van der Waals surface area contributed by atoms with Crippen molar-refractivity contribution < 1.29 is 20.1 Å². The van der Waals surface area contributed by atoms with Gasteiger partial charge in [0.1, 0.15) is 0 Å². The average molecular weight is 196 g/mol. The van der Waals surface area contributed by atoms with E-state index in [0.29, 0.717) is 5.56 Å². The monoisotopic (exact) mass is 196 g/mol. The second-order valence-corrected chi connectivity index (χ2v) is 3.25. The topological polar surface area (TPSA) is 77.8 Å². The molecule has 0 atom stereocenters. The molecule has 4 nitrogen and oxygen atoms in total. The maximum atomic E-state index is 10.4. The van der Waals surface area contributed by atoms with Crippen molar-refractivity contribution in [2.24, 2.45) is 0 Å². The van der Waals surface area contributed by atoms with Gasteiger partial charge >= 0.3 is 5.97 Å². The highest BCUT2D eigenvalue weighted by Crippen LogP contribution is 2.34. The number of rotatable bonds is 2. The van der Waals surface area contributed by atoms with Gasteiger partial charge in [-0.1, -0.05) is 6.07 Å². The number of carboxylic acids is 1. The Morgan fingerprint density at radius 3 is 2.36 bits per heavy atom. The summed E-state index contributed by atoms with van der Waals surface area (Å²) in [6.07, 6.45) is -0.291. The van der Waals surface area contributed by atoms with E-state index in [1.54, 1.807) is 19.9 Å². The van der Waals surface area contributed by atoms with Gasteiger partial charge in [0.25, 0.3) is 0 Å². The van der Waals surface area contributed by atoms with Crippen LogP contribution in [-0.2, 0) is 11.2 Å². The van der Waals surface area contributed by atoms with Crippen LogP contribution in [0.3, 0.4) is 0 Å². The summed E-state index contributed by atoms with van der Waals surface area (Å²) in [5.74, 6) is -1.61. The Morgan fingerprint density at radius 2 is 1.86 bits per heavy atom. The largest absolute Gasteiger partial charge is 0.504 e. The number of phenolic OH excluding ortho intramolecular Hbond substituents is 2. The third kappa shape index (κ3) is 1.79. The lowest BCUT2D eigenvalue weighted by molar-refractivity contribution is -0.136. The summed E-state index contributed by atoms with van der Waals surface area (Å²) in [6, 6.07) is 1.57. The van der Waals surface area contributed by atoms with Crippen LogP contribution in [0.4, 0.5) is 0 Å². The number of hydrogen-bond acceptors (Lipinski definition) is 3. The predicted octanol–water partition coefficient (Wildman–Crippen LogP) is 1.34. The van der Waals surface area contributed by atoms with Crippen molar-refractivity contribution in [3.8, 4) is 11.5 Å². The first-order valence-corrected chi connectivity index (χ1v) is 4.16. The first kappa shape index (κ1) is 10.4. The molecule has 0 aliphatic carbocycles. The lowest BCUT2D eigenvalue weighted by Crippen LogP contribution is -2.01. The summed E-state index contributed by atoms with van der Waals surface area (Å²) in [4.78, 5) is 10.4. The van der Waals surface area contributed by atoms with Crippen molar-refractivity contribution in [3.05, 3.63) is 22.8 Å². The van der Waals surface area contributed by atoms with Crippen LogP contribution in [0, 0.1) is 13.8 Å². The van der Waals surface area contributed by atoms with Gasteiger partial charge in [0, 0.05) is 5.56 Å². The predicted molar refractivity (Wildman–Crippen MR) is 50.6 cm³/mol. The molecule has 76 valence electrons. The van der Waals surface area contributed by atoms with Gasteiger partial charge in [0.2, 0.25) is 0 Å². The molecule has 1 rings (SSSR count). The van der Waals surface area contributed by atoms with Crippen molar-refractivity contribution in [3.63, 3.8) is 0 Å². The van der Waals surface area contributed by atoms with Crippen molar-refractivity contribution in [1.82, 2.24) is 0 Å². The van der Waals surface area contributed by atoms with Crippen LogP contribution in [0.25, 0.3) is 0 Å². The Kier molecular flexibility index (Phi) is 2.65. The van der Waals surface area contributed by atoms with Crippen LogP contribution >= 0.6 is 0 Å². The van der Waals surface area contributed by atoms with Gasteiger partial charge in [-0.05, 0) is 25.0 Å². The zero-order valence-electron chi connectivity index (χ0n) is 8.03. The van der Waals surface area contributed by atoms with Crippen molar-refractivity contribution in [2.75, 3.05) is 0 Å². The molecule has 0 fully saturated rings. The van der Waals surface area contributed by atoms with Gasteiger partial charge in [-0.15, -0.1) is 0 Å². The standard InChI is InChI=1S/C10H12O4/c1-5-3-7(4-8(11)12)10(14)9(13)6(5)2/h3,13-14H,4H2,1-2H3,(H,11,12). The zero-order chi connectivity index (χ0) is 10.9. The zero-order valence-corrected chi connectivity index (χ0v) is 8.03. The van der Waals surface area contributed by atoms with E-state index in [0.717, 1.165) is 5.56 Å². The van der Waals surface area contributed by atoms with Gasteiger partial charge in [0.15, 0.2) is 11.5 Å². The molecule has 0 unspecified atom stereocenters. The maximum Gasteiger partial charge on any atom is 0.307 e. The van der Waals surface area contributed by atoms with Crippen LogP contribution in [-0.4, -0.2) is 21.3 Å². The molecule has 14 heavy (non-hydrogen) atoms. The van der Waals surface area contributed by atoms with Gasteiger partial charge in [-0.25, -0.2) is 0 Å². The number of benzene rings is 1. The number of aryl methyl sites for hydroxylation is 1. The molecular formula is C10H12O4. The summed E-state index contributed by atoms with van der Waals surface area (Å²) in [5, 5.41) is 27.4. The van der Waals surface area contributed by atoms with Crippen molar-refractivity contribution >= 4 is 5.97 Å². The molecule has 3 N–H and O–H groups in total. The molecule has 4 heteroatoms. The number of phenols is 2. The normalized spacial score (nSPS) is 10.1. The Morgan fingerprint density at radius 1 is 1.29 bits per heavy atom. The molecule has 0 spiro atoms. The average Bonchev–Trinajstić information content (AvgIpc) is 2.10. The van der Waals surface area contributed by atoms with E-state index in [9.17, 15) is 15.0 Å². The fourth-order valence-corrected chi connectivity index (χ4v) is 1.25. The fourth-order valence-electron chi connectivity index (χ4n) is 1.25. The molecule has 1 aromatic rings. The van der Waals surface area contributed by atoms with Crippen molar-refractivity contribution in [1.29, 1.82) is 0 Å². The first-order valence-electron chi connectivity index (χ1n) is 4.16. The third-order valence-corrected chi connectivity index (χ3v) is 2.21. The van der Waals surface area contributed by atoms with Crippen LogP contribution < -0.4 is 0 Å². The highest BCUT2D eigenvalue weighted by molar-refractivity contribution is 5.72. The van der Waals surface area contributed by atoms with Crippen molar-refractivity contribution in [2.45, 2.75) is 20.3 Å². The molecule has 0 amide bonds. The fraction of sp³-hybridized carbons (Fsp3) is 0.300. The van der Waals surface area contributed by atoms with Gasteiger partial charge in [-0.2, -0.15) is 0 Å². The van der Waals surface area contributed by atoms with Gasteiger partial charge in [0.05, 0.1) is 6.42 Å². The smallest absolute Gasteiger partial charge is 0.307 e. The van der Waals surface area contributed by atoms with Crippen LogP contribution in [0.2, 0.25) is 0 Å². The van der Waals surface area contributed by atoms with Crippen LogP contribution in [0.1, 0.15) is 16.7 Å². The molecule has 0 saturated carbocycles. The number of carbonyl (C=O) groups is 1. The lowest BCUT2D eigenvalue weighted by Gasteiger charge is -2.09. The Balaban J connectivity index is 3.25. The van der Waals surface area contributed by atoms with E-state index in [4.69, 9.17) is 5.11 Å². The second-order valence-electron chi connectivity index (χ2n) is 3.25. The van der Waals surface area contributed by atoms with Gasteiger partial charge < -0.3 is 15.3 Å². The van der Waals surface area contributed by atoms with E-state index in [-0.39, 0.29) is 23.5 Å². The summed E-state index contributed by atoms with van der Waals surface area (Å²) < 4.78 is 0. The Labute approximate surface area is 81.4 Å². The molecule has 0 radical (unpaired) electrons. The van der Waals surface area contributed by atoms with Gasteiger partial charge in [-0.3, -0.25) is 4.79 Å². The van der Waals surface area contributed by atoms with Crippen LogP contribution in [0.5, 0.6) is 11.5 Å². The summed E-state index contributed by atoms with van der Waals surface area (Å²) in [6.45, 7) is 3.41. The van der Waals surface area contributed by atoms with E-state index in [1.807, 2.05) is 0 Å². The second kappa shape index (κ2) is 3.57. The van der Waals surface area contributed by atoms with E-state index >= 15 is 0 Å². The Bertz CT molecular complexity index is 382. The molecule has 0 aliphatic rings. The number of aliphatic carboxylic acids is 1. The minimum atomic E-state index is -1.04. The summed E-state index contributed by atoms with van der Waals surface area (Å²) in [7, 11) is 0. The molecule has 0 saturated heterocycles. The van der Waals surface area contributed by atoms with E-state index < -0.39 is 5.97 Å². The molecule has 0 aliphatic heterocycles. The third-order valence-electron chi connectivity index (χ3n) is 2.21. The number of hydrogen-bond donors (Lipinski definition) is 3. The van der Waals surface area contributed by atoms with Crippen LogP contribution in [0.15, 0.2) is 6.07 Å². The molecule has 0 heterocycles. The minimum Gasteiger partial charge on any atom is -0.504 e. The Hall–Kier alpha value is -1.71. The lowest BCUT2D eigenvalue weighted by atomic mass is 10.0. The SMILES string of the molecule is Cc1cc(CC(=O)O)c(O)c(O)c1C. The summed E-state index contributed by atoms with van der Waals surface area (Å²) >= 11 is 0. The minimum absolute atomic E-state index is 0.234. The number of aromatic hydroxyl groups is 2. The van der Waals surface area contributed by atoms with E-state index in [2.05, 4.69) is 0 Å². The molecule has 1 aromatic carbocycles. The molecular weight excluding hydrogens is 184 g/mol. The molecule has 0 aromatic heterocycles. The highest BCUT2D eigenvalue weighted by atomic mass is 16.4. The highest BCUT2D eigenvalue weighted by Gasteiger charge is 2.13. The quantitative estimate of drug-likeness (QED) is 0.624.